The Kier molecular flexibility index (Phi) is 4.11. The number of anilines is 1. The number of rotatable bonds is 4. The van der Waals surface area contributed by atoms with Gasteiger partial charge in [0.05, 0.1) is 12.0 Å². The summed E-state index contributed by atoms with van der Waals surface area (Å²) < 4.78 is 12.7. The van der Waals surface area contributed by atoms with E-state index in [-0.39, 0.29) is 11.7 Å². The Morgan fingerprint density at radius 3 is 2.47 bits per heavy atom. The first kappa shape index (κ1) is 11.5. The number of hydrogen-bond acceptors (Lipinski definition) is 2. The molecule has 0 fully saturated rings. The Morgan fingerprint density at radius 2 is 2.00 bits per heavy atom. The smallest absolute Gasteiger partial charge is 0.123 e. The van der Waals surface area contributed by atoms with Crippen LogP contribution in [0.5, 0.6) is 0 Å². The predicted octanol–water partition coefficient (Wildman–Crippen LogP) is 2.81. The van der Waals surface area contributed by atoms with E-state index in [0.29, 0.717) is 6.54 Å². The third-order valence-electron chi connectivity index (χ3n) is 2.44. The second-order valence-electron chi connectivity index (χ2n) is 3.59. The van der Waals surface area contributed by atoms with E-state index in [1.54, 1.807) is 12.1 Å². The maximum absolute atomic E-state index is 12.7. The van der Waals surface area contributed by atoms with Crippen molar-refractivity contribution < 1.29 is 4.39 Å². The summed E-state index contributed by atoms with van der Waals surface area (Å²) >= 11 is 0. The summed E-state index contributed by atoms with van der Waals surface area (Å²) in [4.78, 5) is 1.97. The molecule has 0 aromatic heterocycles. The molecule has 0 aliphatic heterocycles. The summed E-state index contributed by atoms with van der Waals surface area (Å²) in [6.07, 6.45) is 0.835. The van der Waals surface area contributed by atoms with E-state index in [2.05, 4.69) is 6.07 Å². The van der Waals surface area contributed by atoms with Gasteiger partial charge in [0.2, 0.25) is 0 Å². The first-order valence-corrected chi connectivity index (χ1v) is 5.03. The van der Waals surface area contributed by atoms with E-state index in [1.807, 2.05) is 18.9 Å². The summed E-state index contributed by atoms with van der Waals surface area (Å²) in [7, 11) is 1.91. The monoisotopic (exact) mass is 206 g/mol. The molecule has 0 N–H and O–H groups in total. The van der Waals surface area contributed by atoms with Crippen LogP contribution in [0.15, 0.2) is 24.3 Å². The van der Waals surface area contributed by atoms with Gasteiger partial charge in [-0.2, -0.15) is 5.26 Å². The van der Waals surface area contributed by atoms with E-state index in [9.17, 15) is 4.39 Å². The van der Waals surface area contributed by atoms with Gasteiger partial charge in [0, 0.05) is 19.3 Å². The van der Waals surface area contributed by atoms with Crippen molar-refractivity contribution in [2.75, 3.05) is 18.5 Å². The maximum Gasteiger partial charge on any atom is 0.123 e. The largest absolute Gasteiger partial charge is 0.373 e. The minimum absolute atomic E-state index is 0.0278. The van der Waals surface area contributed by atoms with Gasteiger partial charge in [-0.05, 0) is 30.7 Å². The van der Waals surface area contributed by atoms with Crippen molar-refractivity contribution in [1.82, 2.24) is 0 Å². The Balaban J connectivity index is 2.65. The summed E-state index contributed by atoms with van der Waals surface area (Å²) in [6.45, 7) is 2.67. The van der Waals surface area contributed by atoms with Crippen LogP contribution in [0.2, 0.25) is 0 Å². The molecular formula is C12H15FN2. The van der Waals surface area contributed by atoms with Crippen LogP contribution < -0.4 is 4.90 Å². The molecule has 2 nitrogen and oxygen atoms in total. The quantitative estimate of drug-likeness (QED) is 0.757. The van der Waals surface area contributed by atoms with Gasteiger partial charge in [-0.3, -0.25) is 0 Å². The van der Waals surface area contributed by atoms with Crippen LogP contribution in [0.4, 0.5) is 10.1 Å². The Hall–Kier alpha value is -1.56. The summed E-state index contributed by atoms with van der Waals surface area (Å²) in [5.41, 5.74) is 0.935. The number of halogens is 1. The number of nitrogens with zero attached hydrogens (tertiary/aromatic N) is 2. The van der Waals surface area contributed by atoms with E-state index in [1.165, 1.54) is 12.1 Å². The molecule has 80 valence electrons. The highest BCUT2D eigenvalue weighted by Gasteiger charge is 2.08. The minimum atomic E-state index is -0.237. The molecule has 0 spiro atoms. The fraction of sp³-hybridized carbons (Fsp3) is 0.417. The molecule has 1 unspecified atom stereocenters. The van der Waals surface area contributed by atoms with Crippen molar-refractivity contribution in [1.29, 1.82) is 5.26 Å². The summed E-state index contributed by atoms with van der Waals surface area (Å²) in [6, 6.07) is 8.55. The lowest BCUT2D eigenvalue weighted by Crippen LogP contribution is -2.24. The van der Waals surface area contributed by atoms with E-state index in [0.717, 1.165) is 12.1 Å². The van der Waals surface area contributed by atoms with Gasteiger partial charge < -0.3 is 4.90 Å². The van der Waals surface area contributed by atoms with Crippen LogP contribution in [0.3, 0.4) is 0 Å². The topological polar surface area (TPSA) is 27.0 Å². The first-order valence-electron chi connectivity index (χ1n) is 5.03. The van der Waals surface area contributed by atoms with Gasteiger partial charge in [-0.1, -0.05) is 6.92 Å². The average Bonchev–Trinajstić information content (AvgIpc) is 2.26. The molecule has 0 radical (unpaired) electrons. The van der Waals surface area contributed by atoms with Crippen LogP contribution in [-0.4, -0.2) is 13.6 Å². The van der Waals surface area contributed by atoms with Gasteiger partial charge in [0.25, 0.3) is 0 Å². The van der Waals surface area contributed by atoms with Gasteiger partial charge in [0.15, 0.2) is 0 Å². The SMILES string of the molecule is CCC(C#N)CN(C)c1ccc(F)cc1. The highest BCUT2D eigenvalue weighted by molar-refractivity contribution is 5.45. The van der Waals surface area contributed by atoms with Crippen molar-refractivity contribution in [3.8, 4) is 6.07 Å². The second kappa shape index (κ2) is 5.35. The molecule has 3 heteroatoms. The van der Waals surface area contributed by atoms with E-state index >= 15 is 0 Å². The zero-order valence-corrected chi connectivity index (χ0v) is 9.07. The molecule has 0 saturated heterocycles. The Morgan fingerprint density at radius 1 is 1.40 bits per heavy atom. The standard InChI is InChI=1S/C12H15FN2/c1-3-10(8-14)9-15(2)12-6-4-11(13)5-7-12/h4-7,10H,3,9H2,1-2H3. The Labute approximate surface area is 89.9 Å². The third-order valence-corrected chi connectivity index (χ3v) is 2.44. The molecule has 1 atom stereocenters. The fourth-order valence-corrected chi connectivity index (χ4v) is 1.39. The summed E-state index contributed by atoms with van der Waals surface area (Å²) in [5, 5.41) is 8.83. The number of benzene rings is 1. The zero-order valence-electron chi connectivity index (χ0n) is 9.07. The molecule has 0 amide bonds. The zero-order chi connectivity index (χ0) is 11.3. The van der Waals surface area contributed by atoms with Crippen molar-refractivity contribution in [3.05, 3.63) is 30.1 Å². The lowest BCUT2D eigenvalue weighted by Gasteiger charge is -2.21. The molecule has 0 aliphatic rings. The number of nitriles is 1. The van der Waals surface area contributed by atoms with Crippen LogP contribution in [-0.2, 0) is 0 Å². The molecule has 15 heavy (non-hydrogen) atoms. The van der Waals surface area contributed by atoms with E-state index in [4.69, 9.17) is 5.26 Å². The predicted molar refractivity (Wildman–Crippen MR) is 59.1 cm³/mol. The molecule has 0 aliphatic carbocycles. The van der Waals surface area contributed by atoms with Crippen LogP contribution >= 0.6 is 0 Å². The molecule has 1 aromatic rings. The van der Waals surface area contributed by atoms with Crippen molar-refractivity contribution >= 4 is 5.69 Å². The van der Waals surface area contributed by atoms with Crippen LogP contribution in [0, 0.1) is 23.1 Å². The molecule has 1 rings (SSSR count). The molecule has 1 aromatic carbocycles. The van der Waals surface area contributed by atoms with E-state index < -0.39 is 0 Å². The third kappa shape index (κ3) is 3.25. The lowest BCUT2D eigenvalue weighted by atomic mass is 10.1. The summed E-state index contributed by atoms with van der Waals surface area (Å²) in [5.74, 6) is -0.209. The van der Waals surface area contributed by atoms with Crippen LogP contribution in [0.25, 0.3) is 0 Å². The van der Waals surface area contributed by atoms with Crippen molar-refractivity contribution in [3.63, 3.8) is 0 Å². The first-order chi connectivity index (χ1) is 7.17. The second-order valence-corrected chi connectivity index (χ2v) is 3.59. The van der Waals surface area contributed by atoms with Gasteiger partial charge in [-0.15, -0.1) is 0 Å². The molecule has 0 saturated carbocycles. The molecular weight excluding hydrogens is 191 g/mol. The average molecular weight is 206 g/mol. The highest BCUT2D eigenvalue weighted by Crippen LogP contribution is 2.15. The van der Waals surface area contributed by atoms with Gasteiger partial charge in [-0.25, -0.2) is 4.39 Å². The fourth-order valence-electron chi connectivity index (χ4n) is 1.39. The maximum atomic E-state index is 12.7. The van der Waals surface area contributed by atoms with Gasteiger partial charge in [0.1, 0.15) is 5.82 Å². The highest BCUT2D eigenvalue weighted by atomic mass is 19.1. The normalized spacial score (nSPS) is 11.9. The number of hydrogen-bond donors (Lipinski definition) is 0. The molecule has 0 bridgehead atoms. The minimum Gasteiger partial charge on any atom is -0.373 e. The molecule has 0 heterocycles. The van der Waals surface area contributed by atoms with Crippen molar-refractivity contribution in [2.45, 2.75) is 13.3 Å². The Bertz CT molecular complexity index is 340. The van der Waals surface area contributed by atoms with Crippen molar-refractivity contribution in [2.24, 2.45) is 5.92 Å². The van der Waals surface area contributed by atoms with Crippen LogP contribution in [0.1, 0.15) is 13.3 Å². The lowest BCUT2D eigenvalue weighted by molar-refractivity contribution is 0.622. The van der Waals surface area contributed by atoms with Gasteiger partial charge >= 0.3 is 0 Å².